The molecule has 3 rings (SSSR count). The van der Waals surface area contributed by atoms with Crippen LogP contribution in [-0.2, 0) is 16.0 Å². The van der Waals surface area contributed by atoms with Gasteiger partial charge in [0.2, 0.25) is 11.8 Å². The highest BCUT2D eigenvalue weighted by atomic mass is 16.5. The van der Waals surface area contributed by atoms with Crippen LogP contribution < -0.4 is 5.32 Å². The molecule has 0 saturated heterocycles. The van der Waals surface area contributed by atoms with Crippen molar-refractivity contribution in [3.8, 4) is 11.3 Å². The second-order valence-electron chi connectivity index (χ2n) is 8.42. The lowest BCUT2D eigenvalue weighted by molar-refractivity contribution is -0.135. The molecule has 6 heteroatoms. The van der Waals surface area contributed by atoms with E-state index in [2.05, 4.69) is 10.5 Å². The Balaban J connectivity index is 1.58. The van der Waals surface area contributed by atoms with Gasteiger partial charge in [-0.15, -0.1) is 0 Å². The highest BCUT2D eigenvalue weighted by Crippen LogP contribution is 2.20. The smallest absolute Gasteiger partial charge is 0.249 e. The van der Waals surface area contributed by atoms with Crippen LogP contribution in [0.2, 0.25) is 0 Å². The Kier molecular flexibility index (Phi) is 8.20. The molecule has 1 heterocycles. The van der Waals surface area contributed by atoms with Crippen LogP contribution in [0.15, 0.2) is 71.3 Å². The van der Waals surface area contributed by atoms with Crippen molar-refractivity contribution in [3.05, 3.63) is 78.1 Å². The van der Waals surface area contributed by atoms with E-state index >= 15 is 0 Å². The van der Waals surface area contributed by atoms with Gasteiger partial charge in [0, 0.05) is 38.1 Å². The van der Waals surface area contributed by atoms with E-state index in [1.54, 1.807) is 11.9 Å². The van der Waals surface area contributed by atoms with E-state index in [1.165, 1.54) is 0 Å². The van der Waals surface area contributed by atoms with Crippen molar-refractivity contribution in [2.24, 2.45) is 5.92 Å². The lowest BCUT2D eigenvalue weighted by Crippen LogP contribution is -2.42. The van der Waals surface area contributed by atoms with Gasteiger partial charge in [-0.25, -0.2) is 0 Å². The summed E-state index contributed by atoms with van der Waals surface area (Å²) in [4.78, 5) is 27.2. The van der Waals surface area contributed by atoms with E-state index in [9.17, 15) is 9.59 Å². The molecule has 0 radical (unpaired) electrons. The first-order valence-electron chi connectivity index (χ1n) is 11.0. The van der Waals surface area contributed by atoms with Gasteiger partial charge >= 0.3 is 0 Å². The number of amides is 2. The fourth-order valence-electron chi connectivity index (χ4n) is 3.52. The molecule has 168 valence electrons. The number of nitrogens with one attached hydrogen (secondary N) is 1. The number of hydrogen-bond acceptors (Lipinski definition) is 4. The molecule has 0 aliphatic carbocycles. The molecule has 0 aliphatic rings. The maximum absolute atomic E-state index is 13.2. The quantitative estimate of drug-likeness (QED) is 0.506. The molecule has 32 heavy (non-hydrogen) atoms. The minimum Gasteiger partial charge on any atom is -0.361 e. The molecule has 0 fully saturated rings. The molecular weight excluding hydrogens is 402 g/mol. The van der Waals surface area contributed by atoms with Crippen LogP contribution >= 0.6 is 0 Å². The molecule has 3 aromatic rings. The Morgan fingerprint density at radius 3 is 2.34 bits per heavy atom. The SMILES string of the molecule is CC(C)CC(=O)NC(C(=O)N(C)CCCc1cc(-c2ccccc2)no1)c1ccccc1. The van der Waals surface area contributed by atoms with Gasteiger partial charge in [0.05, 0.1) is 0 Å². The number of likely N-dealkylation sites (N-methyl/N-ethyl adjacent to an activating group) is 1. The van der Waals surface area contributed by atoms with Gasteiger partial charge in [0.25, 0.3) is 0 Å². The fraction of sp³-hybridized carbons (Fsp3) is 0.346. The summed E-state index contributed by atoms with van der Waals surface area (Å²) in [6, 6.07) is 20.5. The molecule has 1 unspecified atom stereocenters. The van der Waals surface area contributed by atoms with Crippen LogP contribution in [-0.4, -0.2) is 35.5 Å². The number of benzene rings is 2. The molecular formula is C26H31N3O3. The molecule has 0 saturated carbocycles. The van der Waals surface area contributed by atoms with Gasteiger partial charge in [-0.05, 0) is 17.9 Å². The van der Waals surface area contributed by atoms with E-state index < -0.39 is 6.04 Å². The monoisotopic (exact) mass is 433 g/mol. The van der Waals surface area contributed by atoms with Crippen LogP contribution in [0.1, 0.15) is 44.1 Å². The Morgan fingerprint density at radius 1 is 1.03 bits per heavy atom. The van der Waals surface area contributed by atoms with Crippen molar-refractivity contribution in [1.82, 2.24) is 15.4 Å². The highest BCUT2D eigenvalue weighted by molar-refractivity contribution is 5.88. The summed E-state index contributed by atoms with van der Waals surface area (Å²) in [5.41, 5.74) is 2.60. The molecule has 1 atom stereocenters. The number of carbonyl (C=O) groups is 2. The van der Waals surface area contributed by atoms with Crippen molar-refractivity contribution in [1.29, 1.82) is 0 Å². The number of rotatable bonds is 10. The lowest BCUT2D eigenvalue weighted by Gasteiger charge is -2.25. The summed E-state index contributed by atoms with van der Waals surface area (Å²) in [5.74, 6) is 0.762. The zero-order valence-corrected chi connectivity index (χ0v) is 19.0. The van der Waals surface area contributed by atoms with Gasteiger partial charge in [-0.2, -0.15) is 0 Å². The maximum Gasteiger partial charge on any atom is 0.249 e. The number of aryl methyl sites for hydroxylation is 1. The molecule has 0 bridgehead atoms. The Labute approximate surface area is 189 Å². The molecule has 1 aromatic heterocycles. The fourth-order valence-corrected chi connectivity index (χ4v) is 3.52. The minimum absolute atomic E-state index is 0.120. The van der Waals surface area contributed by atoms with E-state index in [-0.39, 0.29) is 17.7 Å². The predicted molar refractivity (Wildman–Crippen MR) is 125 cm³/mol. The molecule has 2 amide bonds. The van der Waals surface area contributed by atoms with Crippen molar-refractivity contribution in [2.75, 3.05) is 13.6 Å². The zero-order valence-electron chi connectivity index (χ0n) is 19.0. The third-order valence-corrected chi connectivity index (χ3v) is 5.20. The zero-order chi connectivity index (χ0) is 22.9. The van der Waals surface area contributed by atoms with Gasteiger partial charge in [-0.1, -0.05) is 79.7 Å². The van der Waals surface area contributed by atoms with Crippen molar-refractivity contribution in [3.63, 3.8) is 0 Å². The summed E-state index contributed by atoms with van der Waals surface area (Å²) < 4.78 is 5.46. The van der Waals surface area contributed by atoms with E-state index in [1.807, 2.05) is 80.6 Å². The van der Waals surface area contributed by atoms with E-state index in [0.29, 0.717) is 19.4 Å². The second kappa shape index (κ2) is 11.3. The lowest BCUT2D eigenvalue weighted by atomic mass is 10.0. The van der Waals surface area contributed by atoms with E-state index in [0.717, 1.165) is 29.0 Å². The largest absolute Gasteiger partial charge is 0.361 e. The summed E-state index contributed by atoms with van der Waals surface area (Å²) in [6.07, 6.45) is 1.79. The van der Waals surface area contributed by atoms with Gasteiger partial charge in [0.15, 0.2) is 0 Å². The molecule has 6 nitrogen and oxygen atoms in total. The van der Waals surface area contributed by atoms with Crippen LogP contribution in [0, 0.1) is 5.92 Å². The van der Waals surface area contributed by atoms with Gasteiger partial charge in [-0.3, -0.25) is 9.59 Å². The van der Waals surface area contributed by atoms with Crippen molar-refractivity contribution < 1.29 is 14.1 Å². The van der Waals surface area contributed by atoms with E-state index in [4.69, 9.17) is 4.52 Å². The average Bonchev–Trinajstić information content (AvgIpc) is 3.26. The molecule has 1 N–H and O–H groups in total. The molecule has 2 aromatic carbocycles. The maximum atomic E-state index is 13.2. The Morgan fingerprint density at radius 2 is 1.69 bits per heavy atom. The molecule has 0 spiro atoms. The van der Waals surface area contributed by atoms with Gasteiger partial charge in [0.1, 0.15) is 17.5 Å². The van der Waals surface area contributed by atoms with Gasteiger partial charge < -0.3 is 14.7 Å². The van der Waals surface area contributed by atoms with Crippen LogP contribution in [0.25, 0.3) is 11.3 Å². The van der Waals surface area contributed by atoms with Crippen molar-refractivity contribution in [2.45, 2.75) is 39.2 Å². The van der Waals surface area contributed by atoms with Crippen LogP contribution in [0.5, 0.6) is 0 Å². The highest BCUT2D eigenvalue weighted by Gasteiger charge is 2.25. The first-order valence-corrected chi connectivity index (χ1v) is 11.0. The Hall–Kier alpha value is -3.41. The number of nitrogens with zero attached hydrogens (tertiary/aromatic N) is 2. The second-order valence-corrected chi connectivity index (χ2v) is 8.42. The number of hydrogen-bond donors (Lipinski definition) is 1. The summed E-state index contributed by atoms with van der Waals surface area (Å²) in [6.45, 7) is 4.51. The van der Waals surface area contributed by atoms with Crippen LogP contribution in [0.3, 0.4) is 0 Å². The van der Waals surface area contributed by atoms with Crippen LogP contribution in [0.4, 0.5) is 0 Å². The van der Waals surface area contributed by atoms with Crippen molar-refractivity contribution >= 4 is 11.8 Å². The Bertz CT molecular complexity index is 999. The third-order valence-electron chi connectivity index (χ3n) is 5.20. The average molecular weight is 434 g/mol. The predicted octanol–water partition coefficient (Wildman–Crippen LogP) is 4.64. The summed E-state index contributed by atoms with van der Waals surface area (Å²) in [5, 5.41) is 7.06. The number of carbonyl (C=O) groups excluding carboxylic acids is 2. The number of aromatic nitrogens is 1. The normalized spacial score (nSPS) is 11.9. The first-order chi connectivity index (χ1) is 15.4. The minimum atomic E-state index is -0.692. The topological polar surface area (TPSA) is 75.4 Å². The summed E-state index contributed by atoms with van der Waals surface area (Å²) >= 11 is 0. The third kappa shape index (κ3) is 6.54. The molecule has 0 aliphatic heterocycles. The standard InChI is InChI=1S/C26H31N3O3/c1-19(2)17-24(30)27-25(21-13-8-5-9-14-21)26(31)29(3)16-10-15-22-18-23(28-32-22)20-11-6-4-7-12-20/h4-9,11-14,18-19,25H,10,15-17H2,1-3H3,(H,27,30). The first kappa shape index (κ1) is 23.3. The summed E-state index contributed by atoms with van der Waals surface area (Å²) in [7, 11) is 1.77.